The van der Waals surface area contributed by atoms with Gasteiger partial charge >= 0.3 is 0 Å². The number of nitrogens with one attached hydrogen (secondary N) is 1. The SMILES string of the molecule is NC(=O)CCC=C=O.O=C1CN(S(=O)(=O)Cc2ccccn2)C2CCNC12. The summed E-state index contributed by atoms with van der Waals surface area (Å²) < 4.78 is 26.1. The van der Waals surface area contributed by atoms with E-state index in [1.165, 1.54) is 10.4 Å². The third kappa shape index (κ3) is 5.80. The number of nitrogens with zero attached hydrogens (tertiary/aromatic N) is 2. The molecule has 2 fully saturated rings. The largest absolute Gasteiger partial charge is 0.370 e. The maximum absolute atomic E-state index is 12.4. The molecule has 0 spiro atoms. The zero-order valence-electron chi connectivity index (χ0n) is 14.7. The molecule has 10 heteroatoms. The molecule has 1 amide bonds. The van der Waals surface area contributed by atoms with Crippen LogP contribution < -0.4 is 11.1 Å². The maximum Gasteiger partial charge on any atom is 0.220 e. The van der Waals surface area contributed by atoms with Crippen LogP contribution in [0.5, 0.6) is 0 Å². The van der Waals surface area contributed by atoms with Crippen molar-refractivity contribution < 1.29 is 22.8 Å². The number of pyridine rings is 1. The van der Waals surface area contributed by atoms with E-state index in [4.69, 9.17) is 5.73 Å². The van der Waals surface area contributed by atoms with E-state index >= 15 is 0 Å². The van der Waals surface area contributed by atoms with Gasteiger partial charge in [0.05, 0.1) is 18.3 Å². The summed E-state index contributed by atoms with van der Waals surface area (Å²) in [5, 5.41) is 3.06. The van der Waals surface area contributed by atoms with Crippen LogP contribution in [0.3, 0.4) is 0 Å². The van der Waals surface area contributed by atoms with Crippen LogP contribution in [-0.4, -0.2) is 60.5 Å². The van der Waals surface area contributed by atoms with Crippen LogP contribution in [0.25, 0.3) is 0 Å². The van der Waals surface area contributed by atoms with Crippen LogP contribution in [0.1, 0.15) is 25.0 Å². The smallest absolute Gasteiger partial charge is 0.220 e. The Morgan fingerprint density at radius 3 is 2.85 bits per heavy atom. The predicted octanol–water partition coefficient (Wildman–Crippen LogP) is -0.834. The number of amides is 1. The molecule has 2 aliphatic heterocycles. The lowest BCUT2D eigenvalue weighted by atomic mass is 10.1. The van der Waals surface area contributed by atoms with Gasteiger partial charge in [0.1, 0.15) is 11.7 Å². The third-order valence-electron chi connectivity index (χ3n) is 4.25. The fourth-order valence-electron chi connectivity index (χ4n) is 3.03. The molecule has 3 rings (SSSR count). The minimum atomic E-state index is -3.49. The summed E-state index contributed by atoms with van der Waals surface area (Å²) in [7, 11) is -3.49. The number of hydrogen-bond acceptors (Lipinski definition) is 7. The van der Waals surface area contributed by atoms with Crippen molar-refractivity contribution in [1.82, 2.24) is 14.6 Å². The topological polar surface area (TPSA) is 140 Å². The number of nitrogens with two attached hydrogens (primary N) is 1. The van der Waals surface area contributed by atoms with Gasteiger partial charge in [-0.2, -0.15) is 4.31 Å². The second-order valence-electron chi connectivity index (χ2n) is 6.20. The summed E-state index contributed by atoms with van der Waals surface area (Å²) in [6, 6.07) is 4.64. The highest BCUT2D eigenvalue weighted by molar-refractivity contribution is 7.88. The van der Waals surface area contributed by atoms with Crippen LogP contribution in [0.15, 0.2) is 30.5 Å². The summed E-state index contributed by atoms with van der Waals surface area (Å²) in [5.74, 6) is 0.965. The zero-order valence-corrected chi connectivity index (χ0v) is 15.5. The highest BCUT2D eigenvalue weighted by Gasteiger charge is 2.48. The number of ketones is 1. The van der Waals surface area contributed by atoms with Gasteiger partial charge in [-0.3, -0.25) is 14.6 Å². The molecule has 2 atom stereocenters. The molecule has 2 aliphatic rings. The Hall–Kier alpha value is -2.39. The van der Waals surface area contributed by atoms with E-state index in [-0.39, 0.29) is 36.6 Å². The monoisotopic (exact) mass is 394 g/mol. The van der Waals surface area contributed by atoms with E-state index < -0.39 is 15.9 Å². The van der Waals surface area contributed by atoms with Crippen molar-refractivity contribution in [1.29, 1.82) is 0 Å². The number of sulfonamides is 1. The Morgan fingerprint density at radius 1 is 1.44 bits per heavy atom. The quantitative estimate of drug-likeness (QED) is 0.600. The minimum absolute atomic E-state index is 0.0164. The average molecular weight is 394 g/mol. The Balaban J connectivity index is 0.000000279. The molecule has 0 aliphatic carbocycles. The molecular formula is C17H22N4O5S. The summed E-state index contributed by atoms with van der Waals surface area (Å²) in [5.41, 5.74) is 5.25. The Labute approximate surface area is 157 Å². The Kier molecular flexibility index (Phi) is 7.37. The van der Waals surface area contributed by atoms with E-state index in [0.29, 0.717) is 25.1 Å². The molecule has 9 nitrogen and oxygen atoms in total. The van der Waals surface area contributed by atoms with E-state index in [1.54, 1.807) is 30.3 Å². The number of primary amides is 1. The fourth-order valence-corrected chi connectivity index (χ4v) is 4.70. The van der Waals surface area contributed by atoms with Crippen LogP contribution >= 0.6 is 0 Å². The van der Waals surface area contributed by atoms with Gasteiger partial charge in [-0.25, -0.2) is 13.2 Å². The third-order valence-corrected chi connectivity index (χ3v) is 6.02. The van der Waals surface area contributed by atoms with Crippen LogP contribution in [0, 0.1) is 0 Å². The average Bonchev–Trinajstić information content (AvgIpc) is 3.20. The first-order valence-electron chi connectivity index (χ1n) is 8.48. The molecule has 3 N–H and O–H groups in total. The van der Waals surface area contributed by atoms with E-state index in [2.05, 4.69) is 10.3 Å². The number of aromatic nitrogens is 1. The number of carbonyl (C=O) groups is 2. The van der Waals surface area contributed by atoms with Crippen molar-refractivity contribution in [3.05, 3.63) is 36.2 Å². The molecular weight excluding hydrogens is 372 g/mol. The van der Waals surface area contributed by atoms with Gasteiger partial charge in [-0.05, 0) is 31.5 Å². The molecule has 2 unspecified atom stereocenters. The molecule has 3 heterocycles. The number of rotatable bonds is 6. The van der Waals surface area contributed by atoms with Gasteiger partial charge in [0.25, 0.3) is 0 Å². The van der Waals surface area contributed by atoms with E-state index in [1.807, 2.05) is 0 Å². The molecule has 0 aromatic carbocycles. The number of carbonyl (C=O) groups excluding carboxylic acids is 3. The number of hydrogen-bond donors (Lipinski definition) is 2. The fraction of sp³-hybridized carbons (Fsp3) is 0.471. The highest BCUT2D eigenvalue weighted by atomic mass is 32.2. The molecule has 146 valence electrons. The van der Waals surface area contributed by atoms with E-state index in [9.17, 15) is 22.8 Å². The van der Waals surface area contributed by atoms with Gasteiger partial charge < -0.3 is 11.1 Å². The molecule has 0 saturated carbocycles. The predicted molar refractivity (Wildman–Crippen MR) is 97.5 cm³/mol. The Morgan fingerprint density at radius 2 is 2.22 bits per heavy atom. The first-order valence-corrected chi connectivity index (χ1v) is 10.1. The molecule has 0 bridgehead atoms. The standard InChI is InChI=1S/C12H15N3O3S.C5H7NO2/c16-11-7-15(10-4-6-14-12(10)11)19(17,18)8-9-3-1-2-5-13-9;6-5(8)3-1-2-4-7/h1-3,5,10,12,14H,4,6-8H2;2H,1,3H2,(H2,6,8). The molecule has 2 saturated heterocycles. The van der Waals surface area contributed by atoms with Gasteiger partial charge in [-0.1, -0.05) is 6.07 Å². The highest BCUT2D eigenvalue weighted by Crippen LogP contribution is 2.26. The number of Topliss-reactive ketones (excluding diaryl/α,β-unsaturated/α-hetero) is 1. The van der Waals surface area contributed by atoms with E-state index in [0.717, 1.165) is 0 Å². The maximum atomic E-state index is 12.4. The first kappa shape index (κ1) is 20.9. The van der Waals surface area contributed by atoms with Crippen LogP contribution in [0.2, 0.25) is 0 Å². The lowest BCUT2D eigenvalue weighted by molar-refractivity contribution is -0.118. The normalized spacial score (nSPS) is 21.7. The van der Waals surface area contributed by atoms with Crippen molar-refractivity contribution in [3.63, 3.8) is 0 Å². The number of allylic oxidation sites excluding steroid dienone is 1. The van der Waals surface area contributed by atoms with Gasteiger partial charge in [0.2, 0.25) is 15.9 Å². The van der Waals surface area contributed by atoms with Gasteiger partial charge in [0.15, 0.2) is 5.78 Å². The molecule has 0 radical (unpaired) electrons. The second kappa shape index (κ2) is 9.52. The lowest BCUT2D eigenvalue weighted by Gasteiger charge is -2.21. The summed E-state index contributed by atoms with van der Waals surface area (Å²) in [6.45, 7) is 0.675. The van der Waals surface area contributed by atoms with Crippen LogP contribution in [-0.2, 0) is 30.2 Å². The van der Waals surface area contributed by atoms with Crippen molar-refractivity contribution >= 4 is 27.7 Å². The van der Waals surface area contributed by atoms with Crippen molar-refractivity contribution in [2.75, 3.05) is 13.1 Å². The summed E-state index contributed by atoms with van der Waals surface area (Å²) >= 11 is 0. The second-order valence-corrected chi connectivity index (χ2v) is 8.13. The van der Waals surface area contributed by atoms with Crippen molar-refractivity contribution in [2.24, 2.45) is 5.73 Å². The molecule has 1 aromatic rings. The van der Waals surface area contributed by atoms with Crippen molar-refractivity contribution in [2.45, 2.75) is 37.1 Å². The van der Waals surface area contributed by atoms with Crippen molar-refractivity contribution in [3.8, 4) is 0 Å². The van der Waals surface area contributed by atoms with Gasteiger partial charge in [-0.15, -0.1) is 0 Å². The number of fused-ring (bicyclic) bond motifs is 1. The summed E-state index contributed by atoms with van der Waals surface area (Å²) in [4.78, 5) is 35.2. The molecule has 27 heavy (non-hydrogen) atoms. The molecule has 1 aromatic heterocycles. The lowest BCUT2D eigenvalue weighted by Crippen LogP contribution is -2.39. The summed E-state index contributed by atoms with van der Waals surface area (Å²) in [6.07, 6.45) is 4.14. The zero-order chi connectivity index (χ0) is 19.9. The Bertz CT molecular complexity index is 819. The van der Waals surface area contributed by atoms with Gasteiger partial charge in [0, 0.05) is 24.7 Å². The minimum Gasteiger partial charge on any atom is -0.370 e. The first-order chi connectivity index (χ1) is 12.8. The van der Waals surface area contributed by atoms with Crippen LogP contribution in [0.4, 0.5) is 0 Å².